The van der Waals surface area contributed by atoms with Crippen LogP contribution in [0.5, 0.6) is 0 Å². The zero-order valence-corrected chi connectivity index (χ0v) is 9.80. The summed E-state index contributed by atoms with van der Waals surface area (Å²) in [6.45, 7) is 0. The highest BCUT2D eigenvalue weighted by Crippen LogP contribution is 2.29. The van der Waals surface area contributed by atoms with Crippen molar-refractivity contribution in [3.05, 3.63) is 30.3 Å². The first-order chi connectivity index (χ1) is 8.74. The Kier molecular flexibility index (Phi) is 2.76. The molecule has 0 radical (unpaired) electrons. The molecule has 1 fully saturated rings. The molecule has 1 saturated heterocycles. The molecule has 3 heterocycles. The van der Waals surface area contributed by atoms with E-state index in [9.17, 15) is 4.79 Å². The minimum absolute atomic E-state index is 0.0211. The SMILES string of the molecule is O=C(O)C1CCCC(c2cc3ccncc3o2)N1. The number of carboxylic acid groups (broad SMARTS) is 1. The van der Waals surface area contributed by atoms with Crippen molar-refractivity contribution >= 4 is 16.9 Å². The molecule has 0 amide bonds. The van der Waals surface area contributed by atoms with E-state index in [2.05, 4.69) is 10.3 Å². The number of fused-ring (bicyclic) bond motifs is 1. The molecule has 0 spiro atoms. The van der Waals surface area contributed by atoms with E-state index in [0.717, 1.165) is 29.6 Å². The van der Waals surface area contributed by atoms with Crippen LogP contribution in [0.25, 0.3) is 11.0 Å². The number of aromatic nitrogens is 1. The molecular formula is C13H14N2O3. The zero-order chi connectivity index (χ0) is 12.5. The van der Waals surface area contributed by atoms with Gasteiger partial charge < -0.3 is 9.52 Å². The van der Waals surface area contributed by atoms with Gasteiger partial charge in [-0.15, -0.1) is 0 Å². The van der Waals surface area contributed by atoms with Gasteiger partial charge in [-0.05, 0) is 31.4 Å². The lowest BCUT2D eigenvalue weighted by Crippen LogP contribution is -2.42. The quantitative estimate of drug-likeness (QED) is 0.848. The van der Waals surface area contributed by atoms with Gasteiger partial charge in [0.2, 0.25) is 0 Å². The molecule has 5 heteroatoms. The van der Waals surface area contributed by atoms with Crippen LogP contribution in [0.3, 0.4) is 0 Å². The first kappa shape index (κ1) is 11.2. The molecule has 2 N–H and O–H groups in total. The van der Waals surface area contributed by atoms with E-state index < -0.39 is 12.0 Å². The first-order valence-electron chi connectivity index (χ1n) is 6.06. The Morgan fingerprint density at radius 3 is 3.17 bits per heavy atom. The van der Waals surface area contributed by atoms with Crippen molar-refractivity contribution in [2.24, 2.45) is 0 Å². The molecule has 5 nitrogen and oxygen atoms in total. The number of furan rings is 1. The topological polar surface area (TPSA) is 75.4 Å². The van der Waals surface area contributed by atoms with Gasteiger partial charge in [-0.25, -0.2) is 0 Å². The minimum Gasteiger partial charge on any atom is -0.480 e. The van der Waals surface area contributed by atoms with Crippen LogP contribution in [0.1, 0.15) is 31.1 Å². The summed E-state index contributed by atoms with van der Waals surface area (Å²) in [6.07, 6.45) is 5.86. The van der Waals surface area contributed by atoms with Gasteiger partial charge in [-0.3, -0.25) is 15.1 Å². The molecule has 0 aliphatic carbocycles. The molecule has 2 unspecified atom stereocenters. The lowest BCUT2D eigenvalue weighted by Gasteiger charge is -2.26. The summed E-state index contributed by atoms with van der Waals surface area (Å²) >= 11 is 0. The second kappa shape index (κ2) is 4.42. The number of carboxylic acids is 1. The highest BCUT2D eigenvalue weighted by atomic mass is 16.4. The molecule has 18 heavy (non-hydrogen) atoms. The van der Waals surface area contributed by atoms with Crippen molar-refractivity contribution < 1.29 is 14.3 Å². The maximum Gasteiger partial charge on any atom is 0.320 e. The van der Waals surface area contributed by atoms with Crippen LogP contribution in [-0.2, 0) is 4.79 Å². The summed E-state index contributed by atoms with van der Waals surface area (Å²) in [4.78, 5) is 15.0. The number of aliphatic carboxylic acids is 1. The standard InChI is InChI=1S/C13H14N2O3/c16-13(17)10-3-1-2-9(15-10)11-6-8-4-5-14-7-12(8)18-11/h4-7,9-10,15H,1-3H2,(H,16,17). The molecule has 2 aromatic heterocycles. The Bertz CT molecular complexity index is 545. The number of piperidine rings is 1. The Labute approximate surface area is 104 Å². The van der Waals surface area contributed by atoms with Gasteiger partial charge in [-0.1, -0.05) is 0 Å². The molecule has 1 aliphatic heterocycles. The smallest absolute Gasteiger partial charge is 0.320 e. The maximum atomic E-state index is 11.0. The van der Waals surface area contributed by atoms with Crippen LogP contribution < -0.4 is 5.32 Å². The van der Waals surface area contributed by atoms with E-state index in [0.29, 0.717) is 6.42 Å². The van der Waals surface area contributed by atoms with Gasteiger partial charge in [0.05, 0.1) is 12.2 Å². The van der Waals surface area contributed by atoms with E-state index in [1.165, 1.54) is 0 Å². The maximum absolute atomic E-state index is 11.0. The van der Waals surface area contributed by atoms with E-state index >= 15 is 0 Å². The largest absolute Gasteiger partial charge is 0.480 e. The Hall–Kier alpha value is -1.88. The fourth-order valence-corrected chi connectivity index (χ4v) is 2.43. The fraction of sp³-hybridized carbons (Fsp3) is 0.385. The molecule has 0 aromatic carbocycles. The zero-order valence-electron chi connectivity index (χ0n) is 9.80. The number of carbonyl (C=O) groups is 1. The van der Waals surface area contributed by atoms with Crippen LogP contribution in [0.2, 0.25) is 0 Å². The average molecular weight is 246 g/mol. The first-order valence-corrected chi connectivity index (χ1v) is 6.06. The van der Waals surface area contributed by atoms with Gasteiger partial charge in [0.1, 0.15) is 11.8 Å². The molecule has 2 atom stereocenters. The summed E-state index contributed by atoms with van der Waals surface area (Å²) in [5, 5.41) is 13.2. The van der Waals surface area contributed by atoms with Crippen LogP contribution >= 0.6 is 0 Å². The van der Waals surface area contributed by atoms with E-state index in [1.807, 2.05) is 12.1 Å². The second-order valence-electron chi connectivity index (χ2n) is 4.60. The average Bonchev–Trinajstić information content (AvgIpc) is 2.82. The van der Waals surface area contributed by atoms with Gasteiger partial charge in [0.25, 0.3) is 0 Å². The van der Waals surface area contributed by atoms with Gasteiger partial charge >= 0.3 is 5.97 Å². The number of pyridine rings is 1. The highest BCUT2D eigenvalue weighted by Gasteiger charge is 2.28. The van der Waals surface area contributed by atoms with E-state index in [-0.39, 0.29) is 6.04 Å². The van der Waals surface area contributed by atoms with Crippen molar-refractivity contribution in [3.8, 4) is 0 Å². The third-order valence-corrected chi connectivity index (χ3v) is 3.37. The molecule has 0 bridgehead atoms. The molecular weight excluding hydrogens is 232 g/mol. The Morgan fingerprint density at radius 1 is 1.50 bits per heavy atom. The predicted octanol–water partition coefficient (Wildman–Crippen LogP) is 2.10. The lowest BCUT2D eigenvalue weighted by molar-refractivity contribution is -0.140. The van der Waals surface area contributed by atoms with E-state index in [1.54, 1.807) is 12.4 Å². The lowest BCUT2D eigenvalue weighted by atomic mass is 9.97. The van der Waals surface area contributed by atoms with Gasteiger partial charge in [-0.2, -0.15) is 0 Å². The fourth-order valence-electron chi connectivity index (χ4n) is 2.43. The second-order valence-corrected chi connectivity index (χ2v) is 4.60. The van der Waals surface area contributed by atoms with Crippen molar-refractivity contribution in [1.82, 2.24) is 10.3 Å². The Morgan fingerprint density at radius 2 is 2.39 bits per heavy atom. The third-order valence-electron chi connectivity index (χ3n) is 3.37. The van der Waals surface area contributed by atoms with Crippen LogP contribution in [0, 0.1) is 0 Å². The number of hydrogen-bond donors (Lipinski definition) is 2. The van der Waals surface area contributed by atoms with E-state index in [4.69, 9.17) is 9.52 Å². The molecule has 0 saturated carbocycles. The molecule has 2 aromatic rings. The summed E-state index contributed by atoms with van der Waals surface area (Å²) in [7, 11) is 0. The summed E-state index contributed by atoms with van der Waals surface area (Å²) in [5.74, 6) is 0.00132. The minimum atomic E-state index is -0.794. The molecule has 1 aliphatic rings. The van der Waals surface area contributed by atoms with Crippen LogP contribution in [0.4, 0.5) is 0 Å². The van der Waals surface area contributed by atoms with Gasteiger partial charge in [0, 0.05) is 11.6 Å². The van der Waals surface area contributed by atoms with Crippen molar-refractivity contribution in [2.45, 2.75) is 31.3 Å². The van der Waals surface area contributed by atoms with Crippen molar-refractivity contribution in [2.75, 3.05) is 0 Å². The van der Waals surface area contributed by atoms with Crippen LogP contribution in [-0.4, -0.2) is 22.1 Å². The van der Waals surface area contributed by atoms with Crippen LogP contribution in [0.15, 0.2) is 28.9 Å². The normalized spacial score (nSPS) is 24.2. The Balaban J connectivity index is 1.87. The van der Waals surface area contributed by atoms with Crippen molar-refractivity contribution in [3.63, 3.8) is 0 Å². The molecule has 94 valence electrons. The number of rotatable bonds is 2. The summed E-state index contributed by atoms with van der Waals surface area (Å²) < 4.78 is 5.72. The third kappa shape index (κ3) is 1.97. The number of nitrogens with one attached hydrogen (secondary N) is 1. The van der Waals surface area contributed by atoms with Gasteiger partial charge in [0.15, 0.2) is 5.58 Å². The molecule has 3 rings (SSSR count). The highest BCUT2D eigenvalue weighted by molar-refractivity contribution is 5.77. The number of nitrogens with zero attached hydrogens (tertiary/aromatic N) is 1. The predicted molar refractivity (Wildman–Crippen MR) is 65.2 cm³/mol. The number of hydrogen-bond acceptors (Lipinski definition) is 4. The summed E-state index contributed by atoms with van der Waals surface area (Å²) in [5.41, 5.74) is 0.742. The monoisotopic (exact) mass is 246 g/mol. The summed E-state index contributed by atoms with van der Waals surface area (Å²) in [6, 6.07) is 3.35. The van der Waals surface area contributed by atoms with Crippen molar-refractivity contribution in [1.29, 1.82) is 0 Å².